The van der Waals surface area contributed by atoms with E-state index in [4.69, 9.17) is 5.11 Å². The van der Waals surface area contributed by atoms with Crippen molar-refractivity contribution in [3.05, 3.63) is 42.0 Å². The van der Waals surface area contributed by atoms with Crippen molar-refractivity contribution in [3.63, 3.8) is 0 Å². The molecule has 0 heterocycles. The maximum absolute atomic E-state index is 12.9. The molecule has 0 aliphatic rings. The van der Waals surface area contributed by atoms with Crippen LogP contribution in [-0.2, 0) is 20.6 Å². The maximum atomic E-state index is 12.9. The van der Waals surface area contributed by atoms with Gasteiger partial charge in [0.1, 0.15) is 12.6 Å². The summed E-state index contributed by atoms with van der Waals surface area (Å²) in [5.74, 6) is -2.86. The van der Waals surface area contributed by atoms with Gasteiger partial charge in [0.15, 0.2) is 0 Å². The van der Waals surface area contributed by atoms with Crippen molar-refractivity contribution in [1.29, 1.82) is 0 Å². The third kappa shape index (κ3) is 5.33. The summed E-state index contributed by atoms with van der Waals surface area (Å²) < 4.78 is 38.7. The van der Waals surface area contributed by atoms with Crippen LogP contribution in [0, 0.1) is 0 Å². The molecule has 0 bridgehead atoms. The van der Waals surface area contributed by atoms with Crippen LogP contribution in [0.1, 0.15) is 19.4 Å². The third-order valence-electron chi connectivity index (χ3n) is 3.18. The summed E-state index contributed by atoms with van der Waals surface area (Å²) in [6.45, 7) is 5.38. The molecule has 1 rings (SSSR count). The van der Waals surface area contributed by atoms with Crippen LogP contribution < -0.4 is 10.2 Å². The van der Waals surface area contributed by atoms with Gasteiger partial charge in [-0.25, -0.2) is 0 Å². The number of hydrogen-bond acceptors (Lipinski definition) is 3. The van der Waals surface area contributed by atoms with Crippen LogP contribution in [0.25, 0.3) is 0 Å². The van der Waals surface area contributed by atoms with Crippen LogP contribution in [0.15, 0.2) is 36.4 Å². The molecular formula is C16H17F3N2O4. The lowest BCUT2D eigenvalue weighted by Gasteiger charge is -2.30. The van der Waals surface area contributed by atoms with Gasteiger partial charge in [-0.2, -0.15) is 13.2 Å². The highest BCUT2D eigenvalue weighted by molar-refractivity contribution is 6.01. The van der Waals surface area contributed by atoms with Gasteiger partial charge in [-0.3, -0.25) is 19.3 Å². The molecule has 0 radical (unpaired) electrons. The minimum absolute atomic E-state index is 0.152. The Morgan fingerprint density at radius 3 is 2.32 bits per heavy atom. The zero-order chi connectivity index (χ0) is 19.4. The molecule has 1 atom stereocenters. The van der Waals surface area contributed by atoms with E-state index < -0.39 is 42.1 Å². The highest BCUT2D eigenvalue weighted by Gasteiger charge is 2.34. The van der Waals surface area contributed by atoms with E-state index in [1.54, 1.807) is 0 Å². The van der Waals surface area contributed by atoms with E-state index in [2.05, 4.69) is 11.9 Å². The highest BCUT2D eigenvalue weighted by atomic mass is 19.4. The molecule has 0 saturated carbocycles. The molecule has 0 fully saturated rings. The third-order valence-corrected chi connectivity index (χ3v) is 3.18. The number of nitrogens with zero attached hydrogens (tertiary/aromatic N) is 1. The van der Waals surface area contributed by atoms with Crippen LogP contribution in [0.2, 0.25) is 0 Å². The van der Waals surface area contributed by atoms with Crippen LogP contribution in [0.3, 0.4) is 0 Å². The quantitative estimate of drug-likeness (QED) is 0.764. The van der Waals surface area contributed by atoms with E-state index in [-0.39, 0.29) is 11.3 Å². The number of carbonyl (C=O) groups excluding carboxylic acids is 2. The van der Waals surface area contributed by atoms with Gasteiger partial charge >= 0.3 is 12.1 Å². The fraction of sp³-hybridized carbons (Fsp3) is 0.312. The predicted molar refractivity (Wildman–Crippen MR) is 83.9 cm³/mol. The van der Waals surface area contributed by atoms with Gasteiger partial charge in [-0.15, -0.1) is 0 Å². The Balaban J connectivity index is 3.32. The van der Waals surface area contributed by atoms with Gasteiger partial charge in [0, 0.05) is 12.6 Å². The summed E-state index contributed by atoms with van der Waals surface area (Å²) >= 11 is 0. The number of aliphatic carboxylic acids is 1. The Labute approximate surface area is 141 Å². The zero-order valence-corrected chi connectivity index (χ0v) is 13.6. The van der Waals surface area contributed by atoms with Gasteiger partial charge in [0.2, 0.25) is 11.8 Å². The Hall–Kier alpha value is -2.84. The van der Waals surface area contributed by atoms with Crippen molar-refractivity contribution in [2.75, 3.05) is 11.4 Å². The van der Waals surface area contributed by atoms with Crippen LogP contribution in [-0.4, -0.2) is 35.5 Å². The SMILES string of the molecule is C=C(C)C(C(=O)NCC(=O)O)N(C(C)=O)c1cccc(C(F)(F)F)c1. The van der Waals surface area contributed by atoms with Crippen molar-refractivity contribution in [3.8, 4) is 0 Å². The number of carboxylic acid groups (broad SMARTS) is 1. The molecule has 2 amide bonds. The summed E-state index contributed by atoms with van der Waals surface area (Å²) in [6.07, 6.45) is -4.62. The number of anilines is 1. The minimum Gasteiger partial charge on any atom is -0.480 e. The molecule has 1 aromatic carbocycles. The first-order valence-electron chi connectivity index (χ1n) is 7.07. The number of nitrogens with one attached hydrogen (secondary N) is 1. The van der Waals surface area contributed by atoms with E-state index in [0.29, 0.717) is 0 Å². The van der Waals surface area contributed by atoms with Gasteiger partial charge in [0.25, 0.3) is 0 Å². The Morgan fingerprint density at radius 2 is 1.88 bits per heavy atom. The Morgan fingerprint density at radius 1 is 1.28 bits per heavy atom. The van der Waals surface area contributed by atoms with E-state index >= 15 is 0 Å². The molecule has 6 nitrogen and oxygen atoms in total. The van der Waals surface area contributed by atoms with Crippen LogP contribution in [0.5, 0.6) is 0 Å². The number of hydrogen-bond donors (Lipinski definition) is 2. The monoisotopic (exact) mass is 358 g/mol. The lowest BCUT2D eigenvalue weighted by molar-refractivity contribution is -0.138. The van der Waals surface area contributed by atoms with Gasteiger partial charge in [0.05, 0.1) is 5.56 Å². The van der Waals surface area contributed by atoms with Gasteiger partial charge < -0.3 is 10.4 Å². The second kappa shape index (κ2) is 7.82. The molecule has 9 heteroatoms. The van der Waals surface area contributed by atoms with E-state index in [1.807, 2.05) is 0 Å². The molecule has 0 spiro atoms. The number of carbonyl (C=O) groups is 3. The number of benzene rings is 1. The first kappa shape index (κ1) is 20.2. The van der Waals surface area contributed by atoms with Gasteiger partial charge in [-0.05, 0) is 30.7 Å². The molecule has 0 aromatic heterocycles. The molecule has 0 saturated heterocycles. The number of halogens is 3. The Kier molecular flexibility index (Phi) is 6.32. The topological polar surface area (TPSA) is 86.7 Å². The van der Waals surface area contributed by atoms with Crippen molar-refractivity contribution >= 4 is 23.5 Å². The number of carboxylic acids is 1. The Bertz CT molecular complexity index is 701. The summed E-state index contributed by atoms with van der Waals surface area (Å²) in [5, 5.41) is 10.7. The molecule has 0 aliphatic heterocycles. The van der Waals surface area contributed by atoms with Crippen LogP contribution >= 0.6 is 0 Å². The second-order valence-electron chi connectivity index (χ2n) is 5.30. The molecule has 136 valence electrons. The first-order valence-corrected chi connectivity index (χ1v) is 7.07. The average molecular weight is 358 g/mol. The molecule has 2 N–H and O–H groups in total. The summed E-state index contributed by atoms with van der Waals surface area (Å²) in [6, 6.07) is 2.58. The summed E-state index contributed by atoms with van der Waals surface area (Å²) in [7, 11) is 0. The largest absolute Gasteiger partial charge is 0.480 e. The molecule has 1 aromatic rings. The van der Waals surface area contributed by atoms with Crippen molar-refractivity contribution < 1.29 is 32.7 Å². The first-order chi connectivity index (χ1) is 11.4. The van der Waals surface area contributed by atoms with Gasteiger partial charge in [-0.1, -0.05) is 12.6 Å². The molecule has 25 heavy (non-hydrogen) atoms. The fourth-order valence-electron chi connectivity index (χ4n) is 2.17. The number of alkyl halides is 3. The minimum atomic E-state index is -4.62. The molecular weight excluding hydrogens is 341 g/mol. The lowest BCUT2D eigenvalue weighted by Crippen LogP contribution is -2.50. The van der Waals surface area contributed by atoms with Crippen LogP contribution in [0.4, 0.5) is 18.9 Å². The normalized spacial score (nSPS) is 12.2. The number of rotatable bonds is 6. The van der Waals surface area contributed by atoms with E-state index in [9.17, 15) is 27.6 Å². The smallest absolute Gasteiger partial charge is 0.416 e. The second-order valence-corrected chi connectivity index (χ2v) is 5.30. The van der Waals surface area contributed by atoms with E-state index in [1.165, 1.54) is 13.0 Å². The molecule has 1 unspecified atom stereocenters. The average Bonchev–Trinajstić information content (AvgIpc) is 2.48. The predicted octanol–water partition coefficient (Wildman–Crippen LogP) is 2.20. The maximum Gasteiger partial charge on any atom is 0.416 e. The highest BCUT2D eigenvalue weighted by Crippen LogP contribution is 2.32. The van der Waals surface area contributed by atoms with Crippen molar-refractivity contribution in [2.24, 2.45) is 0 Å². The molecule has 0 aliphatic carbocycles. The van der Waals surface area contributed by atoms with Crippen molar-refractivity contribution in [1.82, 2.24) is 5.32 Å². The summed E-state index contributed by atoms with van der Waals surface area (Å²) in [4.78, 5) is 35.7. The standard InChI is InChI=1S/C16H17F3N2O4/c1-9(2)14(15(25)20-8-13(23)24)21(10(3)22)12-6-4-5-11(7-12)16(17,18)19/h4-7,14H,1,8H2,2-3H3,(H,20,25)(H,23,24). The fourth-order valence-corrected chi connectivity index (χ4v) is 2.17. The van der Waals surface area contributed by atoms with E-state index in [0.717, 1.165) is 30.0 Å². The lowest BCUT2D eigenvalue weighted by atomic mass is 10.1. The number of amides is 2. The summed E-state index contributed by atoms with van der Waals surface area (Å²) in [5.41, 5.74) is -0.973. The zero-order valence-electron chi connectivity index (χ0n) is 13.6. The van der Waals surface area contributed by atoms with Crippen molar-refractivity contribution in [2.45, 2.75) is 26.1 Å².